The fourth-order valence-corrected chi connectivity index (χ4v) is 2.27. The standard InChI is InChI=1S/C17H15F2NO5/c1-4-24-17(23)14-13(8(2)21)9(3)25-16(14)20-15(22)10-5-6-11(18)12(19)7-10/h5-7H,4H2,1-3H3,(H,20,22). The van der Waals surface area contributed by atoms with E-state index in [9.17, 15) is 23.2 Å². The molecule has 2 rings (SSSR count). The number of halogens is 2. The Bertz CT molecular complexity index is 857. The van der Waals surface area contributed by atoms with Gasteiger partial charge in [0.25, 0.3) is 5.91 Å². The first-order valence-corrected chi connectivity index (χ1v) is 7.34. The molecule has 1 amide bonds. The molecule has 0 atom stereocenters. The van der Waals surface area contributed by atoms with E-state index in [1.165, 1.54) is 13.8 Å². The molecule has 0 saturated heterocycles. The minimum absolute atomic E-state index is 0.0148. The summed E-state index contributed by atoms with van der Waals surface area (Å²) in [5, 5.41) is 2.28. The number of ketones is 1. The van der Waals surface area contributed by atoms with Gasteiger partial charge in [-0.1, -0.05) is 0 Å². The largest absolute Gasteiger partial charge is 0.462 e. The molecule has 132 valence electrons. The summed E-state index contributed by atoms with van der Waals surface area (Å²) in [6.07, 6.45) is 0. The van der Waals surface area contributed by atoms with Gasteiger partial charge in [-0.2, -0.15) is 0 Å². The molecule has 1 N–H and O–H groups in total. The topological polar surface area (TPSA) is 85.6 Å². The lowest BCUT2D eigenvalue weighted by atomic mass is 10.1. The van der Waals surface area contributed by atoms with E-state index >= 15 is 0 Å². The molecule has 1 aromatic heterocycles. The van der Waals surface area contributed by atoms with E-state index in [1.807, 2.05) is 0 Å². The van der Waals surface area contributed by atoms with Crippen LogP contribution in [-0.2, 0) is 4.74 Å². The van der Waals surface area contributed by atoms with E-state index in [0.29, 0.717) is 6.07 Å². The van der Waals surface area contributed by atoms with Crippen molar-refractivity contribution < 1.29 is 32.3 Å². The lowest BCUT2D eigenvalue weighted by Gasteiger charge is -2.06. The number of Topliss-reactive ketones (excluding diaryl/α,β-unsaturated/α-hetero) is 1. The summed E-state index contributed by atoms with van der Waals surface area (Å²) in [6.45, 7) is 4.32. The maximum atomic E-state index is 13.3. The number of amides is 1. The number of esters is 1. The number of hydrogen-bond acceptors (Lipinski definition) is 5. The van der Waals surface area contributed by atoms with E-state index in [2.05, 4.69) is 5.32 Å². The molecular weight excluding hydrogens is 336 g/mol. The highest BCUT2D eigenvalue weighted by atomic mass is 19.2. The summed E-state index contributed by atoms with van der Waals surface area (Å²) < 4.78 is 36.4. The van der Waals surface area contributed by atoms with Gasteiger partial charge in [0, 0.05) is 5.56 Å². The highest BCUT2D eigenvalue weighted by Crippen LogP contribution is 2.29. The quantitative estimate of drug-likeness (QED) is 0.658. The van der Waals surface area contributed by atoms with Gasteiger partial charge in [-0.15, -0.1) is 0 Å². The third-order valence-electron chi connectivity index (χ3n) is 3.32. The Labute approximate surface area is 141 Å². The molecule has 0 aliphatic rings. The molecule has 0 radical (unpaired) electrons. The van der Waals surface area contributed by atoms with Gasteiger partial charge in [-0.3, -0.25) is 14.9 Å². The van der Waals surface area contributed by atoms with Crippen LogP contribution in [0.25, 0.3) is 0 Å². The fraction of sp³-hybridized carbons (Fsp3) is 0.235. The van der Waals surface area contributed by atoms with Crippen molar-refractivity contribution in [2.24, 2.45) is 0 Å². The number of aryl methyl sites for hydroxylation is 1. The number of carbonyl (C=O) groups is 3. The maximum absolute atomic E-state index is 13.3. The average molecular weight is 351 g/mol. The molecule has 25 heavy (non-hydrogen) atoms. The number of hydrogen-bond donors (Lipinski definition) is 1. The van der Waals surface area contributed by atoms with Crippen molar-refractivity contribution in [1.82, 2.24) is 0 Å². The summed E-state index contributed by atoms with van der Waals surface area (Å²) in [5.41, 5.74) is -0.422. The maximum Gasteiger partial charge on any atom is 0.344 e. The third-order valence-corrected chi connectivity index (χ3v) is 3.32. The summed E-state index contributed by atoms with van der Waals surface area (Å²) in [5.74, 6) is -4.60. The van der Waals surface area contributed by atoms with Gasteiger partial charge in [0.15, 0.2) is 17.4 Å². The van der Waals surface area contributed by atoms with E-state index in [4.69, 9.17) is 9.15 Å². The molecule has 2 aromatic rings. The molecule has 0 aliphatic carbocycles. The number of carbonyl (C=O) groups excluding carboxylic acids is 3. The highest BCUT2D eigenvalue weighted by molar-refractivity contribution is 6.12. The van der Waals surface area contributed by atoms with Crippen LogP contribution in [0.2, 0.25) is 0 Å². The Morgan fingerprint density at radius 2 is 1.84 bits per heavy atom. The zero-order valence-corrected chi connectivity index (χ0v) is 13.7. The summed E-state index contributed by atoms with van der Waals surface area (Å²) in [6, 6.07) is 2.57. The van der Waals surface area contributed by atoms with Crippen molar-refractivity contribution in [3.8, 4) is 0 Å². The lowest BCUT2D eigenvalue weighted by molar-refractivity contribution is 0.0524. The first-order chi connectivity index (χ1) is 11.8. The first-order valence-electron chi connectivity index (χ1n) is 7.34. The van der Waals surface area contributed by atoms with E-state index in [-0.39, 0.29) is 34.9 Å². The van der Waals surface area contributed by atoms with Crippen molar-refractivity contribution in [3.63, 3.8) is 0 Å². The molecule has 0 fully saturated rings. The number of furan rings is 1. The normalized spacial score (nSPS) is 10.4. The van der Waals surface area contributed by atoms with Crippen molar-refractivity contribution >= 4 is 23.5 Å². The minimum Gasteiger partial charge on any atom is -0.462 e. The number of ether oxygens (including phenoxy) is 1. The Morgan fingerprint density at radius 3 is 2.40 bits per heavy atom. The molecule has 0 aliphatic heterocycles. The Hall–Kier alpha value is -3.03. The monoisotopic (exact) mass is 351 g/mol. The average Bonchev–Trinajstić information content (AvgIpc) is 2.86. The van der Waals surface area contributed by atoms with Crippen LogP contribution < -0.4 is 5.32 Å². The van der Waals surface area contributed by atoms with Crippen LogP contribution in [0.5, 0.6) is 0 Å². The van der Waals surface area contributed by atoms with Crippen LogP contribution in [0.15, 0.2) is 22.6 Å². The van der Waals surface area contributed by atoms with Crippen LogP contribution in [0.1, 0.15) is 50.7 Å². The summed E-state index contributed by atoms with van der Waals surface area (Å²) in [4.78, 5) is 36.1. The van der Waals surface area contributed by atoms with Gasteiger partial charge >= 0.3 is 5.97 Å². The van der Waals surface area contributed by atoms with Gasteiger partial charge in [-0.05, 0) is 39.0 Å². The van der Waals surface area contributed by atoms with Gasteiger partial charge in [0.1, 0.15) is 11.3 Å². The highest BCUT2D eigenvalue weighted by Gasteiger charge is 2.29. The zero-order valence-electron chi connectivity index (χ0n) is 13.7. The Morgan fingerprint density at radius 1 is 1.16 bits per heavy atom. The second kappa shape index (κ2) is 7.25. The predicted octanol–water partition coefficient (Wildman–Crippen LogP) is 3.50. The van der Waals surface area contributed by atoms with Gasteiger partial charge < -0.3 is 9.15 Å². The van der Waals surface area contributed by atoms with Gasteiger partial charge in [-0.25, -0.2) is 13.6 Å². The number of anilines is 1. The van der Waals surface area contributed by atoms with E-state index in [1.54, 1.807) is 6.92 Å². The second-order valence-corrected chi connectivity index (χ2v) is 5.10. The first kappa shape index (κ1) is 18.3. The molecule has 1 heterocycles. The van der Waals surface area contributed by atoms with Gasteiger partial charge in [0.05, 0.1) is 12.2 Å². The Balaban J connectivity index is 2.43. The van der Waals surface area contributed by atoms with E-state index < -0.39 is 29.3 Å². The fourth-order valence-electron chi connectivity index (χ4n) is 2.27. The summed E-state index contributed by atoms with van der Waals surface area (Å²) in [7, 11) is 0. The molecule has 1 aromatic carbocycles. The van der Waals surface area contributed by atoms with Crippen molar-refractivity contribution in [1.29, 1.82) is 0 Å². The van der Waals surface area contributed by atoms with Gasteiger partial charge in [0.2, 0.25) is 5.88 Å². The number of rotatable bonds is 5. The SMILES string of the molecule is CCOC(=O)c1c(NC(=O)c2ccc(F)c(F)c2)oc(C)c1C(C)=O. The third kappa shape index (κ3) is 3.73. The van der Waals surface area contributed by atoms with Crippen LogP contribution in [-0.4, -0.2) is 24.3 Å². The molecule has 0 spiro atoms. The lowest BCUT2D eigenvalue weighted by Crippen LogP contribution is -2.16. The van der Waals surface area contributed by atoms with Crippen LogP contribution in [0.4, 0.5) is 14.7 Å². The second-order valence-electron chi connectivity index (χ2n) is 5.10. The van der Waals surface area contributed by atoms with Crippen molar-refractivity contribution in [2.75, 3.05) is 11.9 Å². The molecule has 8 heteroatoms. The predicted molar refractivity (Wildman–Crippen MR) is 83.7 cm³/mol. The van der Waals surface area contributed by atoms with Crippen LogP contribution in [0.3, 0.4) is 0 Å². The van der Waals surface area contributed by atoms with Crippen molar-refractivity contribution in [2.45, 2.75) is 20.8 Å². The molecular formula is C17H15F2NO5. The zero-order chi connectivity index (χ0) is 18.7. The number of benzene rings is 1. The number of nitrogens with one attached hydrogen (secondary N) is 1. The van der Waals surface area contributed by atoms with Crippen LogP contribution >= 0.6 is 0 Å². The molecule has 0 unspecified atom stereocenters. The van der Waals surface area contributed by atoms with Crippen molar-refractivity contribution in [3.05, 3.63) is 52.3 Å². The molecule has 6 nitrogen and oxygen atoms in total. The molecule has 0 bridgehead atoms. The van der Waals surface area contributed by atoms with E-state index in [0.717, 1.165) is 12.1 Å². The smallest absolute Gasteiger partial charge is 0.344 e. The van der Waals surface area contributed by atoms with Crippen LogP contribution in [0, 0.1) is 18.6 Å². The summed E-state index contributed by atoms with van der Waals surface area (Å²) >= 11 is 0. The minimum atomic E-state index is -1.20. The molecule has 0 saturated carbocycles. The Kier molecular flexibility index (Phi) is 5.31.